The van der Waals surface area contributed by atoms with Gasteiger partial charge in [0.1, 0.15) is 5.60 Å². The predicted molar refractivity (Wildman–Crippen MR) is 396 cm³/mol. The van der Waals surface area contributed by atoms with E-state index in [0.29, 0.717) is 77.0 Å². The molecule has 0 aliphatic heterocycles. The molecule has 0 aromatic carbocycles. The van der Waals surface area contributed by atoms with Gasteiger partial charge in [0.05, 0.1) is 18.6 Å². The number of nitrogens with two attached hydrogens (primary N) is 4. The van der Waals surface area contributed by atoms with Gasteiger partial charge < -0.3 is 69.7 Å². The van der Waals surface area contributed by atoms with Gasteiger partial charge in [-0.05, 0) is 65.7 Å². The Bertz CT molecular complexity index is 2670. The van der Waals surface area contributed by atoms with Gasteiger partial charge in [0.25, 0.3) is 11.8 Å². The summed E-state index contributed by atoms with van der Waals surface area (Å²) >= 11 is 0. The van der Waals surface area contributed by atoms with Gasteiger partial charge >= 0.3 is 12.1 Å². The summed E-state index contributed by atoms with van der Waals surface area (Å²) in [6.07, 6.45) is 40.1. The molecule has 0 saturated carbocycles. The minimum Gasteiger partial charge on any atom is -0.618 e. The van der Waals surface area contributed by atoms with E-state index in [1.807, 2.05) is 20.8 Å². The Hall–Kier alpha value is -5.13. The highest BCUT2D eigenvalue weighted by molar-refractivity contribution is 8.77. The van der Waals surface area contributed by atoms with Crippen LogP contribution in [0.5, 0.6) is 0 Å². The van der Waals surface area contributed by atoms with E-state index in [-0.39, 0.29) is 40.9 Å². The van der Waals surface area contributed by atoms with E-state index in [0.717, 1.165) is 110 Å². The van der Waals surface area contributed by atoms with E-state index in [1.54, 1.807) is 107 Å². The highest BCUT2D eigenvalue weighted by Gasteiger charge is 2.16. The first kappa shape index (κ1) is 89.9. The maximum atomic E-state index is 12.0. The molecule has 0 saturated heterocycles. The molecule has 522 valence electrons. The Morgan fingerprint density at radius 2 is 0.785 bits per heavy atom. The predicted octanol–water partition coefficient (Wildman–Crippen LogP) is 8.68. The number of hydrogen-bond acceptors (Lipinski definition) is 24. The van der Waals surface area contributed by atoms with E-state index >= 15 is 0 Å². The van der Waals surface area contributed by atoms with Crippen molar-refractivity contribution in [2.24, 2.45) is 22.9 Å². The van der Waals surface area contributed by atoms with Gasteiger partial charge in [0.15, 0.2) is 11.4 Å². The average molecular weight is 1450 g/mol. The van der Waals surface area contributed by atoms with Crippen LogP contribution in [0.25, 0.3) is 0 Å². The van der Waals surface area contributed by atoms with E-state index in [9.17, 15) is 39.6 Å². The number of aryl methyl sites for hydroxylation is 3. The number of carbonyl (C=O) groups excluding carboxylic acids is 4. The summed E-state index contributed by atoms with van der Waals surface area (Å²) < 4.78 is 6.81. The molecule has 13 N–H and O–H groups in total. The minimum absolute atomic E-state index is 0.0589. The summed E-state index contributed by atoms with van der Waals surface area (Å²) in [5.41, 5.74) is 22.0. The smallest absolute Gasteiger partial charge is 0.407 e. The number of alkyl carbamates (subject to hydrolysis) is 1. The van der Waals surface area contributed by atoms with E-state index in [4.69, 9.17) is 32.8 Å². The van der Waals surface area contributed by atoms with Gasteiger partial charge in [-0.1, -0.05) is 166 Å². The fourth-order valence-corrected chi connectivity index (χ4v) is 12.7. The number of nitrogens with one attached hydrogen (secondary N) is 4. The first-order valence-corrected chi connectivity index (χ1v) is 40.0. The Kier molecular flexibility index (Phi) is 60.9. The lowest BCUT2D eigenvalue weighted by atomic mass is 10.2. The van der Waals surface area contributed by atoms with Gasteiger partial charge in [-0.2, -0.15) is 14.2 Å². The molecule has 0 radical (unpaired) electrons. The first-order valence-electron chi connectivity index (χ1n) is 30.1. The number of amides is 4. The fourth-order valence-electron chi connectivity index (χ4n) is 5.68. The third kappa shape index (κ3) is 58.0. The van der Waals surface area contributed by atoms with Crippen LogP contribution in [0.15, 0.2) is 110 Å². The number of allylic oxidation sites excluding steroid dienone is 12. The molecule has 93 heavy (non-hydrogen) atoms. The standard InChI is InChI=1S/C32H46N4O3S2.C10H16N4O2S2.C9H20N2O2S2.C6H6N2O3.C4H12N2S2/c1-3-4-5-6-7-8-9-10-11-12-13-14-15-16-17-18-19-20-21-22-31(37)33-23-25-40-41-26-24-34-32(38)30-28-36(39)29(2)27-35-30;1-8-6-13-9(7-14(8)16)10(15)12-3-5-18-17-4-2-11;1-9(2,3)13-8(12)11-5-7-15-14-6-4-10;1-4-2-7-5(6(9)10)3-8(4)11;5-1-3-7-8-4-2-6/h4-5,7-8,10-11,13-14,16-17,19-20,27-28H,3,6,9,12,15,18,21-26H2,1-2H3,(H,33,37)(H,34,38);6-7H,2-5,11H2,1H3,(H,12,15);4-7,10H2,1-3H3,(H,11,12);2-3H,1H3,(H,9,10);1-6H2/b5-4-,8-7-,11-10-,14-13-,17-16-,20-19-;;;;. The molecule has 3 aromatic rings. The number of nitrogens with zero attached hydrogens (tertiary/aromatic N) is 6. The van der Waals surface area contributed by atoms with Crippen molar-refractivity contribution in [1.29, 1.82) is 0 Å². The molecular weight excluding hydrogens is 1350 g/mol. The molecule has 24 nitrogen and oxygen atoms in total. The summed E-state index contributed by atoms with van der Waals surface area (Å²) in [4.78, 5) is 68.4. The summed E-state index contributed by atoms with van der Waals surface area (Å²) in [6, 6.07) is 0. The fraction of sp³-hybridized carbons (Fsp3) is 0.525. The number of rotatable bonds is 41. The van der Waals surface area contributed by atoms with Crippen LogP contribution in [-0.2, 0) is 9.53 Å². The molecule has 0 bridgehead atoms. The molecule has 3 aromatic heterocycles. The molecular formula is C61H100N14O10S8. The number of carbonyl (C=O) groups is 5. The number of aromatic nitrogens is 6. The first-order chi connectivity index (χ1) is 44.7. The zero-order chi connectivity index (χ0) is 69.6. The lowest BCUT2D eigenvalue weighted by Gasteiger charge is -2.19. The Morgan fingerprint density at radius 3 is 1.11 bits per heavy atom. The zero-order valence-corrected chi connectivity index (χ0v) is 61.3. The van der Waals surface area contributed by atoms with Crippen LogP contribution >= 0.6 is 86.4 Å². The average Bonchev–Trinajstić information content (AvgIpc) is 1.21. The molecule has 0 unspecified atom stereocenters. The van der Waals surface area contributed by atoms with Crippen LogP contribution < -0.4 is 58.4 Å². The minimum atomic E-state index is -1.20. The Morgan fingerprint density at radius 1 is 0.484 bits per heavy atom. The van der Waals surface area contributed by atoms with Crippen LogP contribution in [0, 0.1) is 36.4 Å². The molecule has 0 spiro atoms. The summed E-state index contributed by atoms with van der Waals surface area (Å²) in [6.45, 7) is 17.6. The van der Waals surface area contributed by atoms with Crippen molar-refractivity contribution in [2.75, 3.05) is 98.4 Å². The maximum absolute atomic E-state index is 12.0. The van der Waals surface area contributed by atoms with Crippen LogP contribution in [0.4, 0.5) is 4.79 Å². The monoisotopic (exact) mass is 1440 g/mol. The molecule has 3 heterocycles. The van der Waals surface area contributed by atoms with E-state index in [1.165, 1.54) is 31.0 Å². The van der Waals surface area contributed by atoms with Gasteiger partial charge in [0.2, 0.25) is 47.3 Å². The van der Waals surface area contributed by atoms with Crippen molar-refractivity contribution in [1.82, 2.24) is 36.2 Å². The normalized spacial score (nSPS) is 11.2. The molecule has 32 heteroatoms. The van der Waals surface area contributed by atoms with Crippen molar-refractivity contribution in [3.8, 4) is 0 Å². The SMILES string of the molecule is CC(C)(C)OC(=O)NCCSSCCN.CC/C=C\C/C=C\C/C=C\C/C=C\C/C=C\C/C=C\CCC(=O)NCCSSCCNC(=O)c1c[n+]([O-])c(C)cn1.Cc1cnc(C(=O)NCCSSCCN)c[n+]1[O-].Cc1cnc(C(=O)O)c[n+]1[O-].NCCSSCCN. The van der Waals surface area contributed by atoms with Crippen LogP contribution in [0.1, 0.15) is 128 Å². The molecule has 0 fully saturated rings. The van der Waals surface area contributed by atoms with E-state index < -0.39 is 11.6 Å². The second kappa shape index (κ2) is 63.0. The van der Waals surface area contributed by atoms with Crippen molar-refractivity contribution in [2.45, 2.75) is 105 Å². The van der Waals surface area contributed by atoms with E-state index in [2.05, 4.69) is 116 Å². The van der Waals surface area contributed by atoms with Crippen molar-refractivity contribution in [3.05, 3.63) is 160 Å². The van der Waals surface area contributed by atoms with Gasteiger partial charge in [0, 0.05) is 126 Å². The Balaban J connectivity index is 0. The number of aromatic carboxylic acids is 1. The Labute approximate surface area is 582 Å². The third-order valence-electron chi connectivity index (χ3n) is 10.2. The highest BCUT2D eigenvalue weighted by atomic mass is 33.1. The third-order valence-corrected chi connectivity index (χ3v) is 20.0. The second-order valence-corrected chi connectivity index (χ2v) is 30.3. The molecule has 0 aliphatic carbocycles. The highest BCUT2D eigenvalue weighted by Crippen LogP contribution is 2.21. The molecule has 3 rings (SSSR count). The van der Waals surface area contributed by atoms with Gasteiger partial charge in [-0.3, -0.25) is 14.4 Å². The second-order valence-electron chi connectivity index (χ2n) is 19.5. The zero-order valence-electron chi connectivity index (χ0n) is 54.7. The van der Waals surface area contributed by atoms with Crippen LogP contribution in [0.3, 0.4) is 0 Å². The van der Waals surface area contributed by atoms with Crippen LogP contribution in [-0.4, -0.2) is 154 Å². The summed E-state index contributed by atoms with van der Waals surface area (Å²) in [7, 11) is 13.6. The number of carboxylic acids is 1. The largest absolute Gasteiger partial charge is 0.618 e. The summed E-state index contributed by atoms with van der Waals surface area (Å²) in [5, 5.41) is 53.0. The topological polar surface area (TPSA) is 386 Å². The quantitative estimate of drug-likeness (QED) is 0.00843. The number of hydrogen-bond donors (Lipinski definition) is 9. The number of ether oxygens (including phenoxy) is 1. The van der Waals surface area contributed by atoms with Gasteiger partial charge in [-0.25, -0.2) is 24.5 Å². The van der Waals surface area contributed by atoms with Gasteiger partial charge in [-0.15, -0.1) is 0 Å². The lowest BCUT2D eigenvalue weighted by Crippen LogP contribution is -2.34. The number of carboxylic acid groups (broad SMARTS) is 1. The molecule has 4 amide bonds. The van der Waals surface area contributed by atoms with Crippen molar-refractivity contribution >= 4 is 116 Å². The van der Waals surface area contributed by atoms with Crippen molar-refractivity contribution < 1.29 is 48.0 Å². The lowest BCUT2D eigenvalue weighted by molar-refractivity contribution is -0.613. The van der Waals surface area contributed by atoms with Crippen molar-refractivity contribution in [3.63, 3.8) is 0 Å². The molecule has 0 atom stereocenters. The summed E-state index contributed by atoms with van der Waals surface area (Å²) in [5.74, 6) is 5.24. The van der Waals surface area contributed by atoms with Crippen LogP contribution in [0.2, 0.25) is 0 Å². The molecule has 0 aliphatic rings. The maximum Gasteiger partial charge on any atom is 0.407 e.